The van der Waals surface area contributed by atoms with E-state index in [-0.39, 0.29) is 0 Å². The van der Waals surface area contributed by atoms with E-state index in [2.05, 4.69) is 203 Å². The van der Waals surface area contributed by atoms with Gasteiger partial charge >= 0.3 is 0 Å². The van der Waals surface area contributed by atoms with Crippen molar-refractivity contribution in [3.63, 3.8) is 0 Å². The molecule has 6 heteroatoms. The molecule has 0 atom stereocenters. The largest absolute Gasteiger partial charge is 0.306 e. The van der Waals surface area contributed by atoms with Gasteiger partial charge in [0.15, 0.2) is 0 Å². The minimum Gasteiger partial charge on any atom is -0.306 e. The van der Waals surface area contributed by atoms with Crippen molar-refractivity contribution in [1.82, 2.24) is 28.7 Å². The molecule has 0 radical (unpaired) electrons. The molecule has 0 aliphatic carbocycles. The molecular formula is C66H36N6. The number of nitrogens with zero attached hydrogens (tertiary/aromatic N) is 6. The molecule has 0 saturated heterocycles. The second kappa shape index (κ2) is 13.9. The van der Waals surface area contributed by atoms with Crippen molar-refractivity contribution < 1.29 is 0 Å². The molecule has 0 spiro atoms. The highest BCUT2D eigenvalue weighted by atomic mass is 15.0. The first-order valence-corrected chi connectivity index (χ1v) is 24.5. The van der Waals surface area contributed by atoms with Gasteiger partial charge in [-0.2, -0.15) is 0 Å². The Morgan fingerprint density at radius 1 is 0.236 bits per heavy atom. The Morgan fingerprint density at radius 2 is 0.597 bits per heavy atom. The van der Waals surface area contributed by atoms with Crippen LogP contribution in [-0.2, 0) is 0 Å². The second-order valence-electron chi connectivity index (χ2n) is 19.3. The highest BCUT2D eigenvalue weighted by Gasteiger charge is 2.30. The molecule has 72 heavy (non-hydrogen) atoms. The third-order valence-electron chi connectivity index (χ3n) is 15.6. The summed E-state index contributed by atoms with van der Waals surface area (Å²) in [5, 5.41) is 11.1. The van der Waals surface area contributed by atoms with E-state index in [1.165, 1.54) is 54.8 Å². The van der Waals surface area contributed by atoms with Gasteiger partial charge in [-0.1, -0.05) is 133 Å². The highest BCUT2D eigenvalue weighted by Crippen LogP contribution is 2.52. The average Bonchev–Trinajstić information content (AvgIpc) is 4.20. The first-order chi connectivity index (χ1) is 35.7. The molecule has 0 unspecified atom stereocenters. The maximum absolute atomic E-state index is 5.94. The summed E-state index contributed by atoms with van der Waals surface area (Å²) in [5.41, 5.74) is 21.3. The van der Waals surface area contributed by atoms with E-state index in [1.807, 2.05) is 24.5 Å². The van der Waals surface area contributed by atoms with Gasteiger partial charge in [0.25, 0.3) is 0 Å². The molecule has 0 fully saturated rings. The number of aromatic nitrogens is 6. The molecule has 7 aromatic heterocycles. The molecule has 0 aliphatic rings. The van der Waals surface area contributed by atoms with E-state index in [0.717, 1.165) is 110 Å². The van der Waals surface area contributed by atoms with Crippen LogP contribution in [0.15, 0.2) is 219 Å². The Kier molecular flexibility index (Phi) is 7.38. The molecule has 10 aromatic carbocycles. The van der Waals surface area contributed by atoms with Gasteiger partial charge < -0.3 is 8.80 Å². The first kappa shape index (κ1) is 38.1. The maximum atomic E-state index is 5.94. The van der Waals surface area contributed by atoms with Gasteiger partial charge in [0.05, 0.1) is 55.2 Å². The predicted octanol–water partition coefficient (Wildman–Crippen LogP) is 16.8. The number of pyridine rings is 2. The number of hydrogen-bond donors (Lipinski definition) is 0. The van der Waals surface area contributed by atoms with E-state index in [0.29, 0.717) is 0 Å². The molecule has 0 saturated carbocycles. The fourth-order valence-electron chi connectivity index (χ4n) is 12.5. The van der Waals surface area contributed by atoms with Crippen molar-refractivity contribution in [2.45, 2.75) is 0 Å². The summed E-state index contributed by atoms with van der Waals surface area (Å²) in [4.78, 5) is 21.7. The van der Waals surface area contributed by atoms with Crippen LogP contribution in [-0.4, -0.2) is 28.7 Å². The van der Waals surface area contributed by atoms with Crippen molar-refractivity contribution in [3.8, 4) is 44.5 Å². The van der Waals surface area contributed by atoms with Crippen LogP contribution in [0.25, 0.3) is 165 Å². The van der Waals surface area contributed by atoms with Crippen LogP contribution < -0.4 is 0 Å². The van der Waals surface area contributed by atoms with E-state index < -0.39 is 0 Å². The fraction of sp³-hybridized carbons (Fsp3) is 0. The molecule has 0 amide bonds. The standard InChI is InChI=1S/C66H36N6/c1-5-15-37(16-6-1)41-25-27-53-47(31-41)49-33-43(39-19-9-3-10-20-39)35-51-55-61-62(70-60-46-24-14-30-68-58(46)57-45(59(60)69-61)23-13-29-67-57)56-52-36-44(40-21-11-4-12-22-40)34-50-48-32-42(38-17-7-2-8-18-38)26-28-54(48)72(64(50)52)66(56)65(55)71(53)63(49)51/h1-36H. The smallest absolute Gasteiger partial charge is 0.100 e. The topological polar surface area (TPSA) is 60.4 Å². The molecule has 0 bridgehead atoms. The molecule has 0 N–H and O–H groups in total. The summed E-state index contributed by atoms with van der Waals surface area (Å²) in [5.74, 6) is 0. The van der Waals surface area contributed by atoms with Crippen molar-refractivity contribution in [2.24, 2.45) is 0 Å². The van der Waals surface area contributed by atoms with Crippen LogP contribution in [0, 0.1) is 0 Å². The maximum Gasteiger partial charge on any atom is 0.100 e. The zero-order chi connectivity index (χ0) is 46.8. The summed E-state index contributed by atoms with van der Waals surface area (Å²) < 4.78 is 5.12. The monoisotopic (exact) mass is 912 g/mol. The lowest BCUT2D eigenvalue weighted by Crippen LogP contribution is -1.96. The first-order valence-electron chi connectivity index (χ1n) is 24.5. The Labute approximate surface area is 410 Å². The van der Waals surface area contributed by atoms with Crippen LogP contribution in [0.2, 0.25) is 0 Å². The van der Waals surface area contributed by atoms with Gasteiger partial charge in [-0.05, 0) is 117 Å². The number of rotatable bonds is 4. The lowest BCUT2D eigenvalue weighted by atomic mass is 9.95. The minimum atomic E-state index is 0.817. The van der Waals surface area contributed by atoms with E-state index in [4.69, 9.17) is 19.9 Å². The van der Waals surface area contributed by atoms with Gasteiger partial charge in [-0.15, -0.1) is 0 Å². The van der Waals surface area contributed by atoms with E-state index >= 15 is 0 Å². The molecule has 17 aromatic rings. The van der Waals surface area contributed by atoms with Gasteiger partial charge in [-0.3, -0.25) is 9.97 Å². The quantitative estimate of drug-likeness (QED) is 0.130. The van der Waals surface area contributed by atoms with Crippen LogP contribution in [0.5, 0.6) is 0 Å². The third kappa shape index (κ3) is 4.97. The van der Waals surface area contributed by atoms with Crippen LogP contribution >= 0.6 is 0 Å². The Morgan fingerprint density at radius 3 is 1.00 bits per heavy atom. The molecule has 17 rings (SSSR count). The number of hydrogen-bond acceptors (Lipinski definition) is 4. The summed E-state index contributed by atoms with van der Waals surface area (Å²) in [6.07, 6.45) is 3.70. The minimum absolute atomic E-state index is 0.817. The van der Waals surface area contributed by atoms with E-state index in [9.17, 15) is 0 Å². The molecule has 330 valence electrons. The van der Waals surface area contributed by atoms with E-state index in [1.54, 1.807) is 0 Å². The van der Waals surface area contributed by atoms with Crippen molar-refractivity contribution in [3.05, 3.63) is 219 Å². The van der Waals surface area contributed by atoms with Crippen LogP contribution in [0.4, 0.5) is 0 Å². The lowest BCUT2D eigenvalue weighted by molar-refractivity contribution is 1.33. The molecular weight excluding hydrogens is 877 g/mol. The van der Waals surface area contributed by atoms with Crippen molar-refractivity contribution in [2.75, 3.05) is 0 Å². The van der Waals surface area contributed by atoms with Gasteiger partial charge in [0, 0.05) is 66.3 Å². The summed E-state index contributed by atoms with van der Waals surface area (Å²) in [6, 6.07) is 75.0. The van der Waals surface area contributed by atoms with Crippen molar-refractivity contribution >= 4 is 120 Å². The Hall–Kier alpha value is -9.78. The average molecular weight is 913 g/mol. The van der Waals surface area contributed by atoms with Gasteiger partial charge in [0.1, 0.15) is 11.0 Å². The van der Waals surface area contributed by atoms with Crippen molar-refractivity contribution in [1.29, 1.82) is 0 Å². The zero-order valence-electron chi connectivity index (χ0n) is 38.5. The van der Waals surface area contributed by atoms with Gasteiger partial charge in [-0.25, -0.2) is 9.97 Å². The van der Waals surface area contributed by atoms with Crippen LogP contribution in [0.1, 0.15) is 0 Å². The SMILES string of the molecule is c1ccc(-c2ccc3c(c2)c2cc(-c4ccccc4)cc4c5c6nc7c8cccnc8c8ncccc8c7nc6c6c7cc(-c8ccccc8)cc8c9cc(-c%10ccccc%10)ccc9n(c87)c6c5n3c24)cc1. The summed E-state index contributed by atoms with van der Waals surface area (Å²) in [6.45, 7) is 0. The highest BCUT2D eigenvalue weighted by molar-refractivity contribution is 6.41. The number of fused-ring (bicyclic) bond motifs is 22. The summed E-state index contributed by atoms with van der Waals surface area (Å²) in [7, 11) is 0. The zero-order valence-corrected chi connectivity index (χ0v) is 38.5. The normalized spacial score (nSPS) is 12.4. The fourth-order valence-corrected chi connectivity index (χ4v) is 12.5. The molecule has 7 heterocycles. The Balaban J connectivity index is 1.16. The lowest BCUT2D eigenvalue weighted by Gasteiger charge is -2.12. The predicted molar refractivity (Wildman–Crippen MR) is 299 cm³/mol. The molecule has 0 aliphatic heterocycles. The van der Waals surface area contributed by atoms with Crippen LogP contribution in [0.3, 0.4) is 0 Å². The second-order valence-corrected chi connectivity index (χ2v) is 19.3. The summed E-state index contributed by atoms with van der Waals surface area (Å²) >= 11 is 0. The van der Waals surface area contributed by atoms with Gasteiger partial charge in [0.2, 0.25) is 0 Å². The molecule has 6 nitrogen and oxygen atoms in total. The number of benzene rings is 10. The third-order valence-corrected chi connectivity index (χ3v) is 15.6. The Bertz CT molecular complexity index is 4800.